The number of ether oxygens (including phenoxy) is 1. The second-order valence-electron chi connectivity index (χ2n) is 4.64. The topological polar surface area (TPSA) is 84.0 Å². The van der Waals surface area contributed by atoms with Crippen LogP contribution in [-0.2, 0) is 23.9 Å². The first-order chi connectivity index (χ1) is 10.1. The summed E-state index contributed by atoms with van der Waals surface area (Å²) in [5.41, 5.74) is 0. The van der Waals surface area contributed by atoms with Gasteiger partial charge >= 0.3 is 0 Å². The average molecular weight is 292 g/mol. The highest BCUT2D eigenvalue weighted by Gasteiger charge is 2.23. The molecule has 0 fully saturated rings. The Morgan fingerprint density at radius 3 is 1.33 bits per heavy atom. The molecule has 0 N–H and O–H groups in total. The van der Waals surface area contributed by atoms with Crippen molar-refractivity contribution in [2.75, 3.05) is 26.3 Å². The minimum absolute atomic E-state index is 0.293. The molecule has 2 rings (SSSR count). The van der Waals surface area contributed by atoms with E-state index in [0.29, 0.717) is 39.1 Å². The number of amides is 4. The van der Waals surface area contributed by atoms with Gasteiger partial charge in [0.2, 0.25) is 0 Å². The molecule has 0 saturated heterocycles. The lowest BCUT2D eigenvalue weighted by Gasteiger charge is -2.14. The molecular formula is C14H16N2O5. The number of rotatable bonds is 8. The summed E-state index contributed by atoms with van der Waals surface area (Å²) in [6.45, 7) is 1.49. The molecule has 0 aromatic carbocycles. The van der Waals surface area contributed by atoms with E-state index in [1.807, 2.05) is 0 Å². The Labute approximate surface area is 121 Å². The van der Waals surface area contributed by atoms with Gasteiger partial charge in [-0.1, -0.05) is 0 Å². The van der Waals surface area contributed by atoms with Crippen molar-refractivity contribution in [3.05, 3.63) is 24.3 Å². The van der Waals surface area contributed by atoms with E-state index in [9.17, 15) is 19.2 Å². The Kier molecular flexibility index (Phi) is 4.99. The van der Waals surface area contributed by atoms with Gasteiger partial charge in [0, 0.05) is 50.6 Å². The minimum atomic E-state index is -0.293. The van der Waals surface area contributed by atoms with Gasteiger partial charge in [0.1, 0.15) is 0 Å². The molecule has 0 bridgehead atoms. The molecule has 7 heteroatoms. The van der Waals surface area contributed by atoms with Gasteiger partial charge < -0.3 is 4.74 Å². The first-order valence-electron chi connectivity index (χ1n) is 6.74. The van der Waals surface area contributed by atoms with E-state index in [1.54, 1.807) is 0 Å². The standard InChI is InChI=1S/C14H16N2O5/c17-11-3-4-12(18)15(11)7-1-9-21-10-2-8-16-13(19)5-6-14(16)20/h3-6H,1-2,7-10H2. The Hall–Kier alpha value is -2.28. The van der Waals surface area contributed by atoms with E-state index in [2.05, 4.69) is 0 Å². The Morgan fingerprint density at radius 2 is 1.00 bits per heavy atom. The molecule has 2 heterocycles. The maximum atomic E-state index is 11.3. The SMILES string of the molecule is O=C1C=CC(=O)N1CCCOCCCN1C(=O)C=CC1=O. The fourth-order valence-corrected chi connectivity index (χ4v) is 2.05. The third-order valence-electron chi connectivity index (χ3n) is 3.14. The lowest BCUT2D eigenvalue weighted by Crippen LogP contribution is -2.32. The molecule has 0 saturated carbocycles. The van der Waals surface area contributed by atoms with Gasteiger partial charge in [0.15, 0.2) is 0 Å². The number of nitrogens with zero attached hydrogens (tertiary/aromatic N) is 2. The van der Waals surface area contributed by atoms with Crippen molar-refractivity contribution in [3.8, 4) is 0 Å². The maximum absolute atomic E-state index is 11.3. The van der Waals surface area contributed by atoms with Crippen LogP contribution in [0.5, 0.6) is 0 Å². The van der Waals surface area contributed by atoms with Gasteiger partial charge in [-0.25, -0.2) is 0 Å². The van der Waals surface area contributed by atoms with Gasteiger partial charge in [-0.05, 0) is 12.8 Å². The molecule has 0 atom stereocenters. The van der Waals surface area contributed by atoms with Crippen molar-refractivity contribution in [3.63, 3.8) is 0 Å². The fourth-order valence-electron chi connectivity index (χ4n) is 2.05. The van der Waals surface area contributed by atoms with E-state index in [0.717, 1.165) is 9.80 Å². The van der Waals surface area contributed by atoms with Gasteiger partial charge in [-0.2, -0.15) is 0 Å². The number of carbonyl (C=O) groups is 4. The number of hydrogen-bond acceptors (Lipinski definition) is 5. The van der Waals surface area contributed by atoms with Crippen LogP contribution in [0.4, 0.5) is 0 Å². The van der Waals surface area contributed by atoms with E-state index in [1.165, 1.54) is 24.3 Å². The van der Waals surface area contributed by atoms with Crippen molar-refractivity contribution >= 4 is 23.6 Å². The fraction of sp³-hybridized carbons (Fsp3) is 0.429. The van der Waals surface area contributed by atoms with Crippen molar-refractivity contribution in [1.29, 1.82) is 0 Å². The van der Waals surface area contributed by atoms with Crippen LogP contribution in [-0.4, -0.2) is 59.7 Å². The molecule has 0 aromatic rings. The van der Waals surface area contributed by atoms with Crippen molar-refractivity contribution < 1.29 is 23.9 Å². The monoisotopic (exact) mass is 292 g/mol. The van der Waals surface area contributed by atoms with E-state index in [4.69, 9.17) is 4.74 Å². The molecule has 0 aromatic heterocycles. The highest BCUT2D eigenvalue weighted by Crippen LogP contribution is 2.05. The van der Waals surface area contributed by atoms with Crippen molar-refractivity contribution in [1.82, 2.24) is 9.80 Å². The summed E-state index contributed by atoms with van der Waals surface area (Å²) in [7, 11) is 0. The van der Waals surface area contributed by atoms with Gasteiger partial charge in [0.25, 0.3) is 23.6 Å². The predicted octanol–water partition coefficient (Wildman–Crippen LogP) is -0.367. The van der Waals surface area contributed by atoms with Gasteiger partial charge in [-0.15, -0.1) is 0 Å². The van der Waals surface area contributed by atoms with Gasteiger partial charge in [0.05, 0.1) is 0 Å². The molecular weight excluding hydrogens is 276 g/mol. The quantitative estimate of drug-likeness (QED) is 0.450. The van der Waals surface area contributed by atoms with Crippen LogP contribution in [0, 0.1) is 0 Å². The van der Waals surface area contributed by atoms with E-state index >= 15 is 0 Å². The van der Waals surface area contributed by atoms with Gasteiger partial charge in [-0.3, -0.25) is 29.0 Å². The molecule has 7 nitrogen and oxygen atoms in total. The Bertz CT molecular complexity index is 441. The van der Waals surface area contributed by atoms with Crippen LogP contribution in [0.3, 0.4) is 0 Å². The molecule has 2 aliphatic rings. The van der Waals surface area contributed by atoms with Crippen LogP contribution in [0.15, 0.2) is 24.3 Å². The smallest absolute Gasteiger partial charge is 0.253 e. The van der Waals surface area contributed by atoms with Crippen LogP contribution < -0.4 is 0 Å². The molecule has 0 aliphatic carbocycles. The molecule has 0 unspecified atom stereocenters. The van der Waals surface area contributed by atoms with E-state index < -0.39 is 0 Å². The van der Waals surface area contributed by atoms with Crippen LogP contribution in [0.2, 0.25) is 0 Å². The number of carbonyl (C=O) groups excluding carboxylic acids is 4. The Balaban J connectivity index is 1.51. The summed E-state index contributed by atoms with van der Waals surface area (Å²) in [5.74, 6) is -1.17. The number of imide groups is 2. The second kappa shape index (κ2) is 6.94. The summed E-state index contributed by atoms with van der Waals surface area (Å²) in [6.07, 6.45) is 6.12. The molecule has 2 aliphatic heterocycles. The summed E-state index contributed by atoms with van der Waals surface area (Å²) in [6, 6.07) is 0. The highest BCUT2D eigenvalue weighted by atomic mass is 16.5. The zero-order chi connectivity index (χ0) is 15.2. The molecule has 0 radical (unpaired) electrons. The highest BCUT2D eigenvalue weighted by molar-refractivity contribution is 6.13. The van der Waals surface area contributed by atoms with Crippen LogP contribution in [0.1, 0.15) is 12.8 Å². The molecule has 112 valence electrons. The first kappa shape index (κ1) is 15.1. The lowest BCUT2D eigenvalue weighted by molar-refractivity contribution is -0.138. The normalized spacial score (nSPS) is 17.7. The van der Waals surface area contributed by atoms with E-state index in [-0.39, 0.29) is 23.6 Å². The lowest BCUT2D eigenvalue weighted by atomic mass is 10.4. The molecule has 21 heavy (non-hydrogen) atoms. The third kappa shape index (κ3) is 3.85. The summed E-state index contributed by atoms with van der Waals surface area (Å²) < 4.78 is 5.35. The largest absolute Gasteiger partial charge is 0.381 e. The summed E-state index contributed by atoms with van der Waals surface area (Å²) in [5, 5.41) is 0. The third-order valence-corrected chi connectivity index (χ3v) is 3.14. The van der Waals surface area contributed by atoms with Crippen LogP contribution >= 0.6 is 0 Å². The zero-order valence-corrected chi connectivity index (χ0v) is 11.5. The molecule has 4 amide bonds. The number of hydrogen-bond donors (Lipinski definition) is 0. The molecule has 0 spiro atoms. The predicted molar refractivity (Wildman–Crippen MR) is 71.8 cm³/mol. The van der Waals surface area contributed by atoms with Crippen LogP contribution in [0.25, 0.3) is 0 Å². The zero-order valence-electron chi connectivity index (χ0n) is 11.5. The van der Waals surface area contributed by atoms with Crippen molar-refractivity contribution in [2.45, 2.75) is 12.8 Å². The summed E-state index contributed by atoms with van der Waals surface area (Å²) in [4.78, 5) is 47.4. The average Bonchev–Trinajstić information content (AvgIpc) is 2.94. The first-order valence-corrected chi connectivity index (χ1v) is 6.74. The maximum Gasteiger partial charge on any atom is 0.253 e. The minimum Gasteiger partial charge on any atom is -0.381 e. The summed E-state index contributed by atoms with van der Waals surface area (Å²) >= 11 is 0. The Morgan fingerprint density at radius 1 is 0.667 bits per heavy atom. The van der Waals surface area contributed by atoms with Crippen molar-refractivity contribution in [2.24, 2.45) is 0 Å². The second-order valence-corrected chi connectivity index (χ2v) is 4.64.